The molecule has 3 heterocycles. The van der Waals surface area contributed by atoms with Gasteiger partial charge in [0, 0.05) is 39.3 Å². The molecule has 0 spiro atoms. The lowest BCUT2D eigenvalue weighted by Gasteiger charge is -2.38. The standard InChI is InChI=1S/C16H30N4O/c1-13(2)9-19-12-15-11-18(6-7-20(15)16(19)21)10-14-4-3-5-17-8-14/h13-15,17H,3-12H2,1-2H3. The highest BCUT2D eigenvalue weighted by Gasteiger charge is 2.40. The van der Waals surface area contributed by atoms with Crippen LogP contribution in [-0.2, 0) is 0 Å². The number of nitrogens with zero attached hydrogens (tertiary/aromatic N) is 3. The fourth-order valence-electron chi connectivity index (χ4n) is 4.05. The molecule has 3 aliphatic rings. The summed E-state index contributed by atoms with van der Waals surface area (Å²) < 4.78 is 0. The number of piperazine rings is 1. The predicted molar refractivity (Wildman–Crippen MR) is 84.3 cm³/mol. The number of urea groups is 1. The fraction of sp³-hybridized carbons (Fsp3) is 0.938. The van der Waals surface area contributed by atoms with Gasteiger partial charge in [0.25, 0.3) is 0 Å². The molecule has 120 valence electrons. The lowest BCUT2D eigenvalue weighted by atomic mass is 9.98. The van der Waals surface area contributed by atoms with E-state index in [1.807, 2.05) is 0 Å². The zero-order chi connectivity index (χ0) is 14.8. The first-order valence-electron chi connectivity index (χ1n) is 8.62. The van der Waals surface area contributed by atoms with E-state index >= 15 is 0 Å². The Morgan fingerprint density at radius 3 is 2.86 bits per heavy atom. The summed E-state index contributed by atoms with van der Waals surface area (Å²) in [5.74, 6) is 1.36. The Hall–Kier alpha value is -0.810. The molecule has 2 unspecified atom stereocenters. The van der Waals surface area contributed by atoms with Gasteiger partial charge in [-0.05, 0) is 37.8 Å². The number of piperidine rings is 1. The second-order valence-corrected chi connectivity index (χ2v) is 7.40. The van der Waals surface area contributed by atoms with Crippen molar-refractivity contribution < 1.29 is 4.79 Å². The third-order valence-corrected chi connectivity index (χ3v) is 5.02. The van der Waals surface area contributed by atoms with Crippen LogP contribution in [0.2, 0.25) is 0 Å². The topological polar surface area (TPSA) is 38.8 Å². The van der Waals surface area contributed by atoms with Crippen molar-refractivity contribution >= 4 is 6.03 Å². The van der Waals surface area contributed by atoms with Crippen LogP contribution < -0.4 is 5.32 Å². The first-order valence-corrected chi connectivity index (χ1v) is 8.62. The third kappa shape index (κ3) is 3.51. The average molecular weight is 294 g/mol. The van der Waals surface area contributed by atoms with Crippen LogP contribution in [0.4, 0.5) is 4.79 Å². The van der Waals surface area contributed by atoms with Crippen LogP contribution >= 0.6 is 0 Å². The van der Waals surface area contributed by atoms with Crippen molar-refractivity contribution in [1.29, 1.82) is 0 Å². The van der Waals surface area contributed by atoms with E-state index in [-0.39, 0.29) is 6.03 Å². The second-order valence-electron chi connectivity index (χ2n) is 7.40. The van der Waals surface area contributed by atoms with Gasteiger partial charge in [-0.25, -0.2) is 4.79 Å². The summed E-state index contributed by atoms with van der Waals surface area (Å²) in [6.07, 6.45) is 2.67. The van der Waals surface area contributed by atoms with Crippen LogP contribution in [0.3, 0.4) is 0 Å². The molecule has 0 radical (unpaired) electrons. The van der Waals surface area contributed by atoms with Crippen molar-refractivity contribution in [3.05, 3.63) is 0 Å². The van der Waals surface area contributed by atoms with Gasteiger partial charge in [0.1, 0.15) is 0 Å². The van der Waals surface area contributed by atoms with Gasteiger partial charge in [0.05, 0.1) is 6.04 Å². The molecule has 0 bridgehead atoms. The summed E-state index contributed by atoms with van der Waals surface area (Å²) in [5, 5.41) is 3.51. The van der Waals surface area contributed by atoms with E-state index < -0.39 is 0 Å². The molecule has 2 amide bonds. The van der Waals surface area contributed by atoms with Gasteiger partial charge in [-0.1, -0.05) is 13.8 Å². The smallest absolute Gasteiger partial charge is 0.320 e. The number of rotatable bonds is 4. The van der Waals surface area contributed by atoms with Gasteiger partial charge >= 0.3 is 6.03 Å². The zero-order valence-corrected chi connectivity index (χ0v) is 13.6. The number of hydrogen-bond acceptors (Lipinski definition) is 3. The molecule has 5 heteroatoms. The fourth-order valence-corrected chi connectivity index (χ4v) is 4.05. The monoisotopic (exact) mass is 294 g/mol. The van der Waals surface area contributed by atoms with E-state index in [4.69, 9.17) is 0 Å². The molecule has 5 nitrogen and oxygen atoms in total. The van der Waals surface area contributed by atoms with Gasteiger partial charge in [0.15, 0.2) is 0 Å². The largest absolute Gasteiger partial charge is 0.322 e. The Labute approximate surface area is 128 Å². The van der Waals surface area contributed by atoms with Crippen molar-refractivity contribution in [3.63, 3.8) is 0 Å². The summed E-state index contributed by atoms with van der Waals surface area (Å²) in [7, 11) is 0. The Morgan fingerprint density at radius 1 is 1.29 bits per heavy atom. The molecule has 0 aromatic rings. The van der Waals surface area contributed by atoms with E-state index in [9.17, 15) is 4.79 Å². The predicted octanol–water partition coefficient (Wildman–Crippen LogP) is 1.06. The highest BCUT2D eigenvalue weighted by atomic mass is 16.2. The van der Waals surface area contributed by atoms with Crippen molar-refractivity contribution in [3.8, 4) is 0 Å². The first-order chi connectivity index (χ1) is 10.1. The number of hydrogen-bond donors (Lipinski definition) is 1. The number of carbonyl (C=O) groups is 1. The van der Waals surface area contributed by atoms with Crippen LogP contribution in [0.15, 0.2) is 0 Å². The molecule has 1 N–H and O–H groups in total. The summed E-state index contributed by atoms with van der Waals surface area (Å²) >= 11 is 0. The lowest BCUT2D eigenvalue weighted by molar-refractivity contribution is 0.104. The van der Waals surface area contributed by atoms with Crippen molar-refractivity contribution in [2.45, 2.75) is 32.7 Å². The van der Waals surface area contributed by atoms with Crippen molar-refractivity contribution in [1.82, 2.24) is 20.0 Å². The van der Waals surface area contributed by atoms with Crippen LogP contribution in [-0.4, -0.2) is 79.1 Å². The van der Waals surface area contributed by atoms with Crippen LogP contribution in [0.25, 0.3) is 0 Å². The molecule has 3 aliphatic heterocycles. The van der Waals surface area contributed by atoms with Crippen molar-refractivity contribution in [2.24, 2.45) is 11.8 Å². The highest BCUT2D eigenvalue weighted by molar-refractivity contribution is 5.77. The molecule has 0 aliphatic carbocycles. The van der Waals surface area contributed by atoms with E-state index in [0.717, 1.165) is 38.6 Å². The molecular formula is C16H30N4O. The van der Waals surface area contributed by atoms with Gasteiger partial charge in [-0.3, -0.25) is 4.90 Å². The Morgan fingerprint density at radius 2 is 2.14 bits per heavy atom. The molecular weight excluding hydrogens is 264 g/mol. The zero-order valence-electron chi connectivity index (χ0n) is 13.6. The summed E-state index contributed by atoms with van der Waals surface area (Å²) in [6.45, 7) is 12.8. The Bertz CT molecular complexity index is 367. The maximum atomic E-state index is 12.4. The molecule has 0 aromatic carbocycles. The minimum atomic E-state index is 0.271. The SMILES string of the molecule is CC(C)CN1CC2CN(CC3CCCNC3)CCN2C1=O. The van der Waals surface area contributed by atoms with E-state index in [2.05, 4.69) is 33.9 Å². The Kier molecular flexibility index (Phi) is 4.69. The molecule has 2 atom stereocenters. The van der Waals surface area contributed by atoms with E-state index in [1.165, 1.54) is 32.5 Å². The molecule has 3 rings (SSSR count). The minimum Gasteiger partial charge on any atom is -0.322 e. The normalized spacial score (nSPS) is 31.1. The summed E-state index contributed by atoms with van der Waals surface area (Å²) in [6, 6.07) is 0.689. The Balaban J connectivity index is 1.52. The van der Waals surface area contributed by atoms with Gasteiger partial charge < -0.3 is 15.1 Å². The minimum absolute atomic E-state index is 0.271. The van der Waals surface area contributed by atoms with Crippen molar-refractivity contribution in [2.75, 3.05) is 52.4 Å². The molecule has 3 fully saturated rings. The maximum Gasteiger partial charge on any atom is 0.320 e. The first kappa shape index (κ1) is 15.1. The van der Waals surface area contributed by atoms with Gasteiger partial charge in [0.2, 0.25) is 0 Å². The third-order valence-electron chi connectivity index (χ3n) is 5.02. The van der Waals surface area contributed by atoms with Gasteiger partial charge in [-0.15, -0.1) is 0 Å². The van der Waals surface area contributed by atoms with E-state index in [1.54, 1.807) is 0 Å². The average Bonchev–Trinajstić information content (AvgIpc) is 2.75. The van der Waals surface area contributed by atoms with Gasteiger partial charge in [-0.2, -0.15) is 0 Å². The number of fused-ring (bicyclic) bond motifs is 1. The maximum absolute atomic E-state index is 12.4. The summed E-state index contributed by atoms with van der Waals surface area (Å²) in [4.78, 5) is 19.1. The molecule has 0 aromatic heterocycles. The number of amides is 2. The van der Waals surface area contributed by atoms with Crippen LogP contribution in [0, 0.1) is 11.8 Å². The highest BCUT2D eigenvalue weighted by Crippen LogP contribution is 2.23. The van der Waals surface area contributed by atoms with Crippen LogP contribution in [0.1, 0.15) is 26.7 Å². The number of carbonyl (C=O) groups excluding carboxylic acids is 1. The van der Waals surface area contributed by atoms with Crippen LogP contribution in [0.5, 0.6) is 0 Å². The second kappa shape index (κ2) is 6.53. The molecule has 0 saturated carbocycles. The van der Waals surface area contributed by atoms with E-state index in [0.29, 0.717) is 12.0 Å². The molecule has 21 heavy (non-hydrogen) atoms. The summed E-state index contributed by atoms with van der Waals surface area (Å²) in [5.41, 5.74) is 0. The lowest BCUT2D eigenvalue weighted by Crippen LogP contribution is -2.53. The molecule has 3 saturated heterocycles. The quantitative estimate of drug-likeness (QED) is 0.843. The number of nitrogens with one attached hydrogen (secondary N) is 1.